The standard InChI is InChI=1S/C28H24O3Si3/c29-34(30)10-9-31-33(32-34)26-8-7-20-16-27-22(14-24(20)15-26)6-5-21-13-23-11-18-3-1-2-4-19(18)12-25(23)17-28(21)27/h1-8,11-17,29-30,33H,9-10,32H2. The molecule has 1 unspecified atom stereocenters. The smallest absolute Gasteiger partial charge is 0.305 e. The van der Waals surface area contributed by atoms with Crippen LogP contribution in [0.4, 0.5) is 0 Å². The lowest BCUT2D eigenvalue weighted by atomic mass is 9.95. The first-order valence-electron chi connectivity index (χ1n) is 11.8. The van der Waals surface area contributed by atoms with Crippen molar-refractivity contribution < 1.29 is 14.0 Å². The topological polar surface area (TPSA) is 49.7 Å². The van der Waals surface area contributed by atoms with Gasteiger partial charge in [-0.05, 0) is 95.4 Å². The Hall–Kier alpha value is -2.85. The van der Waals surface area contributed by atoms with Crippen molar-refractivity contribution in [1.29, 1.82) is 0 Å². The molecule has 3 nitrogen and oxygen atoms in total. The van der Waals surface area contributed by atoms with Gasteiger partial charge in [-0.25, -0.2) is 0 Å². The maximum Gasteiger partial charge on any atom is 0.305 e. The number of benzene rings is 6. The van der Waals surface area contributed by atoms with Gasteiger partial charge >= 0.3 is 8.08 Å². The molecule has 1 aliphatic rings. The van der Waals surface area contributed by atoms with Crippen LogP contribution >= 0.6 is 0 Å². The van der Waals surface area contributed by atoms with Crippen molar-refractivity contribution in [2.45, 2.75) is 6.04 Å². The molecule has 0 amide bonds. The molecule has 0 aliphatic carbocycles. The summed E-state index contributed by atoms with van der Waals surface area (Å²) in [5, 5.41) is 13.7. The van der Waals surface area contributed by atoms with Gasteiger partial charge in [0.2, 0.25) is 0 Å². The molecule has 2 N–H and O–H groups in total. The Balaban J connectivity index is 1.40. The minimum absolute atomic E-state index is 0.485. The SMILES string of the molecule is O[Si]1(O)CCO[SiH](c2ccc3cc4c(ccc5cc6cc7ccccc7cc6cc54)cc3c2)[SiH2]1. The number of hydrogen-bond acceptors (Lipinski definition) is 3. The Bertz CT molecular complexity index is 1760. The largest absolute Gasteiger partial charge is 0.419 e. The zero-order chi connectivity index (χ0) is 22.9. The minimum Gasteiger partial charge on any atom is -0.419 e. The molecular weight excluding hydrogens is 469 g/mol. The molecule has 0 radical (unpaired) electrons. The van der Waals surface area contributed by atoms with Gasteiger partial charge in [0, 0.05) is 12.7 Å². The summed E-state index contributed by atoms with van der Waals surface area (Å²) >= 11 is 0. The van der Waals surface area contributed by atoms with Crippen molar-refractivity contribution in [2.24, 2.45) is 0 Å². The van der Waals surface area contributed by atoms with Gasteiger partial charge in [-0.15, -0.1) is 0 Å². The third kappa shape index (κ3) is 3.42. The van der Waals surface area contributed by atoms with Crippen LogP contribution in [0.5, 0.6) is 0 Å². The van der Waals surface area contributed by atoms with Crippen molar-refractivity contribution in [3.8, 4) is 0 Å². The van der Waals surface area contributed by atoms with E-state index in [9.17, 15) is 9.59 Å². The van der Waals surface area contributed by atoms with Gasteiger partial charge in [-0.1, -0.05) is 54.6 Å². The highest BCUT2D eigenvalue weighted by Gasteiger charge is 2.39. The molecule has 6 aromatic carbocycles. The van der Waals surface area contributed by atoms with Gasteiger partial charge in [-0.2, -0.15) is 0 Å². The lowest BCUT2D eigenvalue weighted by Crippen LogP contribution is -2.60. The molecule has 6 aromatic rings. The second-order valence-electron chi connectivity index (χ2n) is 9.66. The first-order valence-corrected chi connectivity index (χ1v) is 20.6. The molecule has 0 aromatic heterocycles. The van der Waals surface area contributed by atoms with E-state index in [2.05, 4.69) is 91.0 Å². The van der Waals surface area contributed by atoms with Crippen molar-refractivity contribution in [3.63, 3.8) is 0 Å². The fraction of sp³-hybridized carbons (Fsp3) is 0.0714. The quantitative estimate of drug-likeness (QED) is 0.207. The van der Waals surface area contributed by atoms with E-state index in [1.165, 1.54) is 59.0 Å². The molecule has 34 heavy (non-hydrogen) atoms. The molecule has 6 heteroatoms. The summed E-state index contributed by atoms with van der Waals surface area (Å²) in [6, 6.07) is 33.9. The Morgan fingerprint density at radius 1 is 0.618 bits per heavy atom. The van der Waals surface area contributed by atoms with Gasteiger partial charge in [0.1, 0.15) is 8.55 Å². The van der Waals surface area contributed by atoms with Crippen molar-refractivity contribution in [3.05, 3.63) is 91.0 Å². The molecule has 0 spiro atoms. The highest BCUT2D eigenvalue weighted by molar-refractivity contribution is 7.45. The average molecular weight is 493 g/mol. The first-order chi connectivity index (χ1) is 16.5. The van der Waals surface area contributed by atoms with E-state index in [-0.39, 0.29) is 0 Å². The molecule has 0 saturated carbocycles. The third-order valence-corrected chi connectivity index (χ3v) is 26.6. The van der Waals surface area contributed by atoms with Crippen LogP contribution < -0.4 is 5.19 Å². The average Bonchev–Trinajstić information content (AvgIpc) is 2.84. The Labute approximate surface area is 201 Å². The van der Waals surface area contributed by atoms with Gasteiger partial charge < -0.3 is 14.0 Å². The van der Waals surface area contributed by atoms with Crippen molar-refractivity contribution in [1.82, 2.24) is 0 Å². The van der Waals surface area contributed by atoms with Crippen LogP contribution in [0, 0.1) is 0 Å². The lowest BCUT2D eigenvalue weighted by Gasteiger charge is -2.29. The minimum atomic E-state index is -2.94. The summed E-state index contributed by atoms with van der Waals surface area (Å²) in [5.74, 6) is 0. The molecule has 1 aliphatic heterocycles. The summed E-state index contributed by atoms with van der Waals surface area (Å²) in [7, 11) is -5.56. The van der Waals surface area contributed by atoms with Crippen LogP contribution in [0.25, 0.3) is 53.9 Å². The summed E-state index contributed by atoms with van der Waals surface area (Å²) in [6.07, 6.45) is 0. The summed E-state index contributed by atoms with van der Waals surface area (Å²) in [4.78, 5) is 20.6. The van der Waals surface area contributed by atoms with Crippen molar-refractivity contribution in [2.75, 3.05) is 6.61 Å². The second kappa shape index (κ2) is 7.58. The number of hydrogen-bond donors (Lipinski definition) is 2. The predicted molar refractivity (Wildman–Crippen MR) is 150 cm³/mol. The van der Waals surface area contributed by atoms with Crippen molar-refractivity contribution >= 4 is 84.2 Å². The predicted octanol–water partition coefficient (Wildman–Crippen LogP) is 4.00. The molecular formula is C28H24O3Si3. The van der Waals surface area contributed by atoms with E-state index in [4.69, 9.17) is 4.43 Å². The fourth-order valence-corrected chi connectivity index (χ4v) is 24.1. The number of fused-ring (bicyclic) bond motifs is 6. The van der Waals surface area contributed by atoms with Gasteiger partial charge in [0.05, 0.1) is 0 Å². The summed E-state index contributed by atoms with van der Waals surface area (Å²) in [5.41, 5.74) is 0. The van der Waals surface area contributed by atoms with E-state index in [0.29, 0.717) is 12.7 Å². The maximum absolute atomic E-state index is 10.3. The van der Waals surface area contributed by atoms with E-state index in [1.54, 1.807) is 0 Å². The van der Waals surface area contributed by atoms with Crippen LogP contribution in [-0.2, 0) is 4.43 Å². The molecule has 7 rings (SSSR count). The molecule has 166 valence electrons. The first kappa shape index (κ1) is 20.5. The lowest BCUT2D eigenvalue weighted by molar-refractivity contribution is 0.315. The fourth-order valence-electron chi connectivity index (χ4n) is 5.50. The molecule has 0 bridgehead atoms. The van der Waals surface area contributed by atoms with Crippen LogP contribution in [-0.4, -0.2) is 41.4 Å². The van der Waals surface area contributed by atoms with E-state index in [0.717, 1.165) is 0 Å². The van der Waals surface area contributed by atoms with Gasteiger partial charge in [0.25, 0.3) is 0 Å². The van der Waals surface area contributed by atoms with Crippen LogP contribution in [0.3, 0.4) is 0 Å². The van der Waals surface area contributed by atoms with Crippen LogP contribution in [0.15, 0.2) is 91.0 Å². The zero-order valence-corrected chi connectivity index (χ0v) is 22.2. The van der Waals surface area contributed by atoms with Gasteiger partial charge in [-0.3, -0.25) is 0 Å². The zero-order valence-electron chi connectivity index (χ0n) is 18.7. The van der Waals surface area contributed by atoms with E-state index in [1.807, 2.05) is 0 Å². The van der Waals surface area contributed by atoms with Gasteiger partial charge in [0.15, 0.2) is 8.56 Å². The highest BCUT2D eigenvalue weighted by atomic mass is 29.6. The monoisotopic (exact) mass is 492 g/mol. The summed E-state index contributed by atoms with van der Waals surface area (Å²) in [6.45, 7) is 0.508. The molecule has 1 saturated heterocycles. The van der Waals surface area contributed by atoms with E-state index < -0.39 is 25.2 Å². The normalized spacial score (nSPS) is 19.1. The third-order valence-electron chi connectivity index (χ3n) is 7.34. The second-order valence-corrected chi connectivity index (χ2v) is 25.0. The molecule has 1 fully saturated rings. The highest BCUT2D eigenvalue weighted by Crippen LogP contribution is 2.33. The van der Waals surface area contributed by atoms with Crippen LogP contribution in [0.2, 0.25) is 6.04 Å². The summed E-state index contributed by atoms with van der Waals surface area (Å²) < 4.78 is 6.08. The van der Waals surface area contributed by atoms with E-state index >= 15 is 0 Å². The Morgan fingerprint density at radius 3 is 1.82 bits per heavy atom. The molecule has 1 heterocycles. The Kier molecular flexibility index (Phi) is 4.57. The van der Waals surface area contributed by atoms with Crippen LogP contribution in [0.1, 0.15) is 0 Å². The maximum atomic E-state index is 10.3. The number of rotatable bonds is 1. The molecule has 1 atom stereocenters. The Morgan fingerprint density at radius 2 is 1.15 bits per heavy atom.